The van der Waals surface area contributed by atoms with Crippen molar-refractivity contribution < 1.29 is 0 Å². The van der Waals surface area contributed by atoms with Crippen LogP contribution in [0.15, 0.2) is 37.4 Å². The summed E-state index contributed by atoms with van der Waals surface area (Å²) < 4.78 is 4.21. The van der Waals surface area contributed by atoms with Crippen molar-refractivity contribution in [2.45, 2.75) is 25.9 Å². The number of hydrogen-bond acceptors (Lipinski definition) is 2. The van der Waals surface area contributed by atoms with Gasteiger partial charge in [-0.1, -0.05) is 0 Å². The van der Waals surface area contributed by atoms with Crippen molar-refractivity contribution in [3.05, 3.63) is 37.4 Å². The summed E-state index contributed by atoms with van der Waals surface area (Å²) in [4.78, 5) is 8.00. The molecule has 0 N–H and O–H groups in total. The average Bonchev–Trinajstić information content (AvgIpc) is 2.86. The van der Waals surface area contributed by atoms with Gasteiger partial charge >= 0.3 is 0 Å². The van der Waals surface area contributed by atoms with Crippen LogP contribution in [0.2, 0.25) is 0 Å². The molecule has 4 nitrogen and oxygen atoms in total. The second-order valence-electron chi connectivity index (χ2n) is 3.31. The summed E-state index contributed by atoms with van der Waals surface area (Å²) in [5.41, 5.74) is 0. The normalized spacial score (nSPS) is 9.25. The predicted molar refractivity (Wildman–Crippen MR) is 68.2 cm³/mol. The maximum absolute atomic E-state index is 4.00. The van der Waals surface area contributed by atoms with Gasteiger partial charge in [-0.3, -0.25) is 0 Å². The summed E-state index contributed by atoms with van der Waals surface area (Å²) in [6.07, 6.45) is 13.7. The fourth-order valence-electron chi connectivity index (χ4n) is 1.43. The average molecular weight is 263 g/mol. The van der Waals surface area contributed by atoms with Gasteiger partial charge in [0, 0.05) is 37.9 Å². The molecule has 0 saturated carbocycles. The van der Waals surface area contributed by atoms with Gasteiger partial charge in [0.25, 0.3) is 0 Å². The summed E-state index contributed by atoms with van der Waals surface area (Å²) in [5.74, 6) is 0. The summed E-state index contributed by atoms with van der Waals surface area (Å²) in [6, 6.07) is 0. The van der Waals surface area contributed by atoms with Crippen molar-refractivity contribution >= 4 is 24.8 Å². The molecule has 0 aliphatic carbocycles. The number of hydrogen-bond donors (Lipinski definition) is 0. The van der Waals surface area contributed by atoms with E-state index < -0.39 is 0 Å². The summed E-state index contributed by atoms with van der Waals surface area (Å²) >= 11 is 0. The molecular formula is C10H16Cl2N4. The Hall–Kier alpha value is -1.00. The van der Waals surface area contributed by atoms with E-state index in [4.69, 9.17) is 0 Å². The molecule has 2 heterocycles. The fourth-order valence-corrected chi connectivity index (χ4v) is 1.43. The Morgan fingerprint density at radius 1 is 0.750 bits per heavy atom. The van der Waals surface area contributed by atoms with Crippen LogP contribution in [0.3, 0.4) is 0 Å². The van der Waals surface area contributed by atoms with Gasteiger partial charge in [0.05, 0.1) is 12.7 Å². The third kappa shape index (κ3) is 4.68. The molecule has 16 heavy (non-hydrogen) atoms. The lowest BCUT2D eigenvalue weighted by Gasteiger charge is -2.02. The molecule has 0 radical (unpaired) electrons. The van der Waals surface area contributed by atoms with Gasteiger partial charge in [-0.15, -0.1) is 24.8 Å². The Labute approximate surface area is 108 Å². The first kappa shape index (κ1) is 15.0. The van der Waals surface area contributed by atoms with E-state index in [1.54, 1.807) is 0 Å². The van der Waals surface area contributed by atoms with Crippen molar-refractivity contribution in [2.75, 3.05) is 0 Å². The largest absolute Gasteiger partial charge is 0.337 e. The van der Waals surface area contributed by atoms with Crippen LogP contribution >= 0.6 is 24.8 Å². The zero-order valence-electron chi connectivity index (χ0n) is 8.90. The van der Waals surface area contributed by atoms with E-state index in [9.17, 15) is 0 Å². The molecule has 0 aliphatic heterocycles. The molecule has 90 valence electrons. The van der Waals surface area contributed by atoms with Crippen LogP contribution in [0.4, 0.5) is 0 Å². The molecule has 2 aromatic rings. The van der Waals surface area contributed by atoms with E-state index in [1.165, 1.54) is 12.8 Å². The third-order valence-electron chi connectivity index (χ3n) is 2.20. The molecule has 0 saturated heterocycles. The smallest absolute Gasteiger partial charge is 0.0945 e. The topological polar surface area (TPSA) is 35.6 Å². The highest BCUT2D eigenvalue weighted by Crippen LogP contribution is 1.98. The number of halogens is 2. The Kier molecular flexibility index (Phi) is 7.68. The third-order valence-corrected chi connectivity index (χ3v) is 2.20. The highest BCUT2D eigenvalue weighted by molar-refractivity contribution is 5.85. The number of aromatic nitrogens is 4. The maximum atomic E-state index is 4.00. The molecule has 0 bridgehead atoms. The molecule has 0 fully saturated rings. The number of aryl methyl sites for hydroxylation is 2. The molecule has 0 unspecified atom stereocenters. The van der Waals surface area contributed by atoms with Crippen LogP contribution in [0.1, 0.15) is 12.8 Å². The summed E-state index contributed by atoms with van der Waals surface area (Å²) in [7, 11) is 0. The maximum Gasteiger partial charge on any atom is 0.0945 e. The van der Waals surface area contributed by atoms with E-state index in [1.807, 2.05) is 37.4 Å². The monoisotopic (exact) mass is 262 g/mol. The van der Waals surface area contributed by atoms with Crippen molar-refractivity contribution in [3.63, 3.8) is 0 Å². The Morgan fingerprint density at radius 2 is 1.19 bits per heavy atom. The van der Waals surface area contributed by atoms with Gasteiger partial charge in [0.1, 0.15) is 0 Å². The van der Waals surface area contributed by atoms with Gasteiger partial charge in [-0.05, 0) is 12.8 Å². The lowest BCUT2D eigenvalue weighted by Crippen LogP contribution is -1.98. The molecule has 6 heteroatoms. The van der Waals surface area contributed by atoms with E-state index in [0.29, 0.717) is 0 Å². The molecular weight excluding hydrogens is 247 g/mol. The fraction of sp³-hybridized carbons (Fsp3) is 0.400. The number of rotatable bonds is 5. The molecule has 0 spiro atoms. The molecule has 0 atom stereocenters. The first-order valence-corrected chi connectivity index (χ1v) is 4.86. The Balaban J connectivity index is 0.00000112. The van der Waals surface area contributed by atoms with E-state index in [0.717, 1.165) is 13.1 Å². The minimum absolute atomic E-state index is 0. The number of imidazole rings is 2. The van der Waals surface area contributed by atoms with Crippen LogP contribution in [0, 0.1) is 0 Å². The first-order chi connectivity index (χ1) is 6.95. The minimum Gasteiger partial charge on any atom is -0.337 e. The van der Waals surface area contributed by atoms with Crippen LogP contribution in [-0.2, 0) is 13.1 Å². The highest BCUT2D eigenvalue weighted by atomic mass is 35.5. The lowest BCUT2D eigenvalue weighted by molar-refractivity contribution is 0.552. The van der Waals surface area contributed by atoms with Crippen molar-refractivity contribution in [3.8, 4) is 0 Å². The van der Waals surface area contributed by atoms with Crippen molar-refractivity contribution in [1.29, 1.82) is 0 Å². The molecule has 0 aromatic carbocycles. The van der Waals surface area contributed by atoms with Crippen molar-refractivity contribution in [1.82, 2.24) is 19.1 Å². The molecule has 2 rings (SSSR count). The molecule has 0 aliphatic rings. The second kappa shape index (κ2) is 8.19. The standard InChI is InChI=1S/C10H14N4.2ClH/c1(5-13-7-3-11-9-13)2-6-14-8-4-12-10-14;;/h3-4,7-10H,1-2,5-6H2;2*1H. The van der Waals surface area contributed by atoms with Crippen LogP contribution in [0.5, 0.6) is 0 Å². The highest BCUT2D eigenvalue weighted by Gasteiger charge is 1.92. The SMILES string of the molecule is Cl.Cl.c1cn(CCCCn2ccnc2)cn1. The summed E-state index contributed by atoms with van der Waals surface area (Å²) in [5, 5.41) is 0. The van der Waals surface area contributed by atoms with Gasteiger partial charge in [-0.25, -0.2) is 9.97 Å². The molecule has 2 aromatic heterocycles. The Morgan fingerprint density at radius 3 is 1.50 bits per heavy atom. The minimum atomic E-state index is 0. The van der Waals surface area contributed by atoms with Gasteiger partial charge in [0.2, 0.25) is 0 Å². The predicted octanol–water partition coefficient (Wildman–Crippen LogP) is 2.40. The zero-order valence-corrected chi connectivity index (χ0v) is 10.5. The number of nitrogens with zero attached hydrogens (tertiary/aromatic N) is 4. The van der Waals surface area contributed by atoms with Crippen LogP contribution in [0.25, 0.3) is 0 Å². The molecule has 0 amide bonds. The number of unbranched alkanes of at least 4 members (excludes halogenated alkanes) is 1. The van der Waals surface area contributed by atoms with Crippen LogP contribution in [-0.4, -0.2) is 19.1 Å². The van der Waals surface area contributed by atoms with Gasteiger partial charge < -0.3 is 9.13 Å². The van der Waals surface area contributed by atoms with Crippen LogP contribution < -0.4 is 0 Å². The Bertz CT molecular complexity index is 309. The second-order valence-corrected chi connectivity index (χ2v) is 3.31. The summed E-state index contributed by atoms with van der Waals surface area (Å²) in [6.45, 7) is 2.10. The first-order valence-electron chi connectivity index (χ1n) is 4.86. The van der Waals surface area contributed by atoms with Crippen molar-refractivity contribution in [2.24, 2.45) is 0 Å². The lowest BCUT2D eigenvalue weighted by atomic mass is 10.3. The van der Waals surface area contributed by atoms with E-state index >= 15 is 0 Å². The zero-order chi connectivity index (χ0) is 9.64. The van der Waals surface area contributed by atoms with E-state index in [2.05, 4.69) is 19.1 Å². The quantitative estimate of drug-likeness (QED) is 0.776. The van der Waals surface area contributed by atoms with Gasteiger partial charge in [-0.2, -0.15) is 0 Å². The van der Waals surface area contributed by atoms with Gasteiger partial charge in [0.15, 0.2) is 0 Å². The van der Waals surface area contributed by atoms with E-state index in [-0.39, 0.29) is 24.8 Å².